The van der Waals surface area contributed by atoms with Gasteiger partial charge in [-0.2, -0.15) is 0 Å². The molecule has 2 unspecified atom stereocenters. The molecule has 1 saturated carbocycles. The molecule has 0 amide bonds. The van der Waals surface area contributed by atoms with Crippen molar-refractivity contribution in [2.45, 2.75) is 104 Å². The summed E-state index contributed by atoms with van der Waals surface area (Å²) in [4.78, 5) is 8.04. The van der Waals surface area contributed by atoms with Crippen LogP contribution in [0.15, 0.2) is 146 Å². The largest absolute Gasteiger partial charge is 0.335 e. The van der Waals surface area contributed by atoms with Gasteiger partial charge in [0.25, 0.3) is 6.71 Å². The number of fused-ring (bicyclic) bond motifs is 7. The Morgan fingerprint density at radius 2 is 1.12 bits per heavy atom. The second-order valence-corrected chi connectivity index (χ2v) is 32.1. The monoisotopic (exact) mass is 867 g/mol. The zero-order valence-electron chi connectivity index (χ0n) is 39.6. The summed E-state index contributed by atoms with van der Waals surface area (Å²) in [5.41, 5.74) is 21.0. The minimum Gasteiger partial charge on any atom is -0.335 e. The van der Waals surface area contributed by atoms with Crippen molar-refractivity contribution in [3.63, 3.8) is 0 Å². The fourth-order valence-corrected chi connectivity index (χ4v) is 14.3. The molecule has 11 rings (SSSR count). The Bertz CT molecular complexity index is 2910. The maximum absolute atomic E-state index is 2.89. The Morgan fingerprint density at radius 1 is 0.531 bits per heavy atom. The van der Waals surface area contributed by atoms with Gasteiger partial charge in [-0.05, 0) is 127 Å². The first kappa shape index (κ1) is 41.2. The molecule has 1 aliphatic carbocycles. The third-order valence-electron chi connectivity index (χ3n) is 15.8. The minimum atomic E-state index is -1.53. The number of anilines is 8. The molecule has 3 heterocycles. The highest BCUT2D eigenvalue weighted by molar-refractivity contribution is 7.00. The SMILES string of the molecule is Cc1ccc(N2c3ccc(C)cc3B3c4cc(-c5ccccc5)cc5c4N(c4cc(N(c6ccc([Si](C)(C)C)cc6)c6ccc([Si](C)(C)C)cc6)cc2c43)C2(C)CCCCC52C)cc1. The van der Waals surface area contributed by atoms with E-state index in [0.717, 1.165) is 6.42 Å². The van der Waals surface area contributed by atoms with E-state index < -0.39 is 16.1 Å². The van der Waals surface area contributed by atoms with Crippen LogP contribution in [0, 0.1) is 13.8 Å². The van der Waals surface area contributed by atoms with Gasteiger partial charge in [-0.15, -0.1) is 0 Å². The number of hydrogen-bond acceptors (Lipinski definition) is 3. The molecule has 0 bridgehead atoms. The Kier molecular flexibility index (Phi) is 9.31. The summed E-state index contributed by atoms with van der Waals surface area (Å²) in [6, 6.07) is 57.1. The number of aryl methyl sites for hydroxylation is 2. The smallest absolute Gasteiger partial charge is 0.252 e. The molecule has 320 valence electrons. The van der Waals surface area contributed by atoms with E-state index >= 15 is 0 Å². The molecule has 6 heteroatoms. The second kappa shape index (κ2) is 14.5. The molecule has 0 aromatic heterocycles. The number of nitrogens with zero attached hydrogens (tertiary/aromatic N) is 3. The van der Waals surface area contributed by atoms with Crippen LogP contribution in [0.3, 0.4) is 0 Å². The van der Waals surface area contributed by atoms with Gasteiger partial charge in [0.2, 0.25) is 0 Å². The molecule has 0 saturated heterocycles. The van der Waals surface area contributed by atoms with Gasteiger partial charge in [0, 0.05) is 45.2 Å². The van der Waals surface area contributed by atoms with Crippen LogP contribution in [-0.2, 0) is 5.41 Å². The zero-order chi connectivity index (χ0) is 44.5. The quantitative estimate of drug-likeness (QED) is 0.148. The molecular formula is C58H62BN3Si2. The van der Waals surface area contributed by atoms with Crippen LogP contribution in [0.25, 0.3) is 11.1 Å². The summed E-state index contributed by atoms with van der Waals surface area (Å²) in [6.45, 7) is 24.4. The van der Waals surface area contributed by atoms with Gasteiger partial charge in [0.1, 0.15) is 0 Å². The third-order valence-corrected chi connectivity index (χ3v) is 19.9. The fourth-order valence-electron chi connectivity index (χ4n) is 12.0. The van der Waals surface area contributed by atoms with Gasteiger partial charge in [-0.25, -0.2) is 0 Å². The average Bonchev–Trinajstić information content (AvgIpc) is 3.49. The molecule has 2 atom stereocenters. The zero-order valence-corrected chi connectivity index (χ0v) is 41.6. The van der Waals surface area contributed by atoms with Crippen LogP contribution in [0.2, 0.25) is 39.3 Å². The lowest BCUT2D eigenvalue weighted by Gasteiger charge is -2.53. The van der Waals surface area contributed by atoms with E-state index in [0.29, 0.717) is 0 Å². The van der Waals surface area contributed by atoms with Crippen molar-refractivity contribution in [2.24, 2.45) is 0 Å². The van der Waals surface area contributed by atoms with Crippen molar-refractivity contribution < 1.29 is 0 Å². The summed E-state index contributed by atoms with van der Waals surface area (Å²) in [7, 11) is -3.06. The molecular weight excluding hydrogens is 806 g/mol. The second-order valence-electron chi connectivity index (χ2n) is 22.0. The lowest BCUT2D eigenvalue weighted by atomic mass is 9.33. The average molecular weight is 868 g/mol. The van der Waals surface area contributed by atoms with Crippen molar-refractivity contribution in [1.29, 1.82) is 0 Å². The van der Waals surface area contributed by atoms with Gasteiger partial charge in [0.15, 0.2) is 0 Å². The number of benzene rings is 7. The molecule has 0 N–H and O–H groups in total. The standard InChI is InChI=1S/C58H62BN3Si2/c1-39-18-21-45(22-19-39)61-52-31-20-40(2)34-50(52)59-51-36-42(41-16-12-11-13-17-41)35-49-56(51)62(58(4)33-15-14-32-57(49,58)3)54-38-46(37-53(61)55(54)59)60(43-23-27-47(28-24-43)63(5,6)7)44-25-29-48(30-26-44)64(8,9)10/h11-13,16-31,34-38H,14-15,32-33H2,1-10H3. The van der Waals surface area contributed by atoms with E-state index in [1.54, 1.807) is 0 Å². The van der Waals surface area contributed by atoms with Crippen LogP contribution >= 0.6 is 0 Å². The van der Waals surface area contributed by atoms with Gasteiger partial charge >= 0.3 is 0 Å². The maximum atomic E-state index is 2.89. The topological polar surface area (TPSA) is 9.72 Å². The summed E-state index contributed by atoms with van der Waals surface area (Å²) in [6.07, 6.45) is 4.82. The lowest BCUT2D eigenvalue weighted by molar-refractivity contribution is 0.195. The molecule has 7 aromatic rings. The van der Waals surface area contributed by atoms with E-state index in [9.17, 15) is 0 Å². The van der Waals surface area contributed by atoms with Crippen molar-refractivity contribution in [1.82, 2.24) is 0 Å². The molecule has 7 aromatic carbocycles. The normalized spacial score (nSPS) is 19.5. The van der Waals surface area contributed by atoms with Crippen LogP contribution in [-0.4, -0.2) is 28.4 Å². The van der Waals surface area contributed by atoms with E-state index in [1.807, 2.05) is 0 Å². The van der Waals surface area contributed by atoms with E-state index in [4.69, 9.17) is 0 Å². The van der Waals surface area contributed by atoms with Crippen LogP contribution in [0.1, 0.15) is 56.2 Å². The van der Waals surface area contributed by atoms with Gasteiger partial charge in [-0.1, -0.05) is 165 Å². The van der Waals surface area contributed by atoms with Crippen molar-refractivity contribution in [3.8, 4) is 11.1 Å². The Hall–Kier alpha value is -5.56. The summed E-state index contributed by atoms with van der Waals surface area (Å²) in [5, 5.41) is 2.96. The lowest BCUT2D eigenvalue weighted by Crippen LogP contribution is -2.64. The summed E-state index contributed by atoms with van der Waals surface area (Å²) < 4.78 is 0. The molecule has 4 aliphatic rings. The van der Waals surface area contributed by atoms with E-state index in [1.165, 1.54) is 119 Å². The van der Waals surface area contributed by atoms with E-state index in [2.05, 4.69) is 227 Å². The Morgan fingerprint density at radius 3 is 1.75 bits per heavy atom. The summed E-state index contributed by atoms with van der Waals surface area (Å²) >= 11 is 0. The van der Waals surface area contributed by atoms with Crippen molar-refractivity contribution in [2.75, 3.05) is 14.7 Å². The number of rotatable bonds is 7. The first-order chi connectivity index (χ1) is 30.5. The predicted molar refractivity (Wildman–Crippen MR) is 284 cm³/mol. The molecule has 3 aliphatic heterocycles. The van der Waals surface area contributed by atoms with Crippen LogP contribution in [0.5, 0.6) is 0 Å². The highest BCUT2D eigenvalue weighted by atomic mass is 28.3. The van der Waals surface area contributed by atoms with E-state index in [-0.39, 0.29) is 17.7 Å². The van der Waals surface area contributed by atoms with Crippen molar-refractivity contribution in [3.05, 3.63) is 162 Å². The Labute approximate surface area is 384 Å². The minimum absolute atomic E-state index is 0.0262. The molecule has 0 spiro atoms. The van der Waals surface area contributed by atoms with Crippen LogP contribution < -0.4 is 41.5 Å². The highest BCUT2D eigenvalue weighted by Crippen LogP contribution is 2.62. The molecule has 1 fully saturated rings. The summed E-state index contributed by atoms with van der Waals surface area (Å²) in [5.74, 6) is 0. The maximum Gasteiger partial charge on any atom is 0.252 e. The first-order valence-electron chi connectivity index (χ1n) is 23.8. The fraction of sp³-hybridized carbons (Fsp3) is 0.276. The van der Waals surface area contributed by atoms with Crippen molar-refractivity contribution >= 4 is 95.1 Å². The predicted octanol–water partition coefficient (Wildman–Crippen LogP) is 12.9. The number of hydrogen-bond donors (Lipinski definition) is 0. The van der Waals surface area contributed by atoms with Crippen LogP contribution in [0.4, 0.5) is 45.5 Å². The third kappa shape index (κ3) is 6.19. The first-order valence-corrected chi connectivity index (χ1v) is 30.8. The Balaban J connectivity index is 1.25. The van der Waals surface area contributed by atoms with Gasteiger partial charge < -0.3 is 14.7 Å². The highest BCUT2D eigenvalue weighted by Gasteiger charge is 2.61. The van der Waals surface area contributed by atoms with Gasteiger partial charge in [-0.3, -0.25) is 0 Å². The molecule has 0 radical (unpaired) electrons. The van der Waals surface area contributed by atoms with Gasteiger partial charge in [0.05, 0.1) is 27.4 Å². The molecule has 64 heavy (non-hydrogen) atoms. The molecule has 3 nitrogen and oxygen atoms in total.